The molecular formula is C18H19NO5. The van der Waals surface area contributed by atoms with Gasteiger partial charge in [0.15, 0.2) is 0 Å². The summed E-state index contributed by atoms with van der Waals surface area (Å²) in [5, 5.41) is 3.14. The molecule has 0 spiro atoms. The van der Waals surface area contributed by atoms with E-state index in [0.29, 0.717) is 17.7 Å². The molecule has 6 nitrogen and oxygen atoms in total. The third kappa shape index (κ3) is 4.74. The maximum Gasteiger partial charge on any atom is 0.338 e. The lowest BCUT2D eigenvalue weighted by atomic mass is 10.1. The summed E-state index contributed by atoms with van der Waals surface area (Å²) in [5.41, 5.74) is 1.64. The average Bonchev–Trinajstić information content (AvgIpc) is 2.64. The second kappa shape index (κ2) is 8.57. The number of benzene rings is 2. The lowest BCUT2D eigenvalue weighted by Gasteiger charge is -2.09. The highest BCUT2D eigenvalue weighted by Gasteiger charge is 2.09. The van der Waals surface area contributed by atoms with E-state index in [1.54, 1.807) is 7.11 Å². The van der Waals surface area contributed by atoms with Gasteiger partial charge in [-0.05, 0) is 36.4 Å². The molecule has 6 heteroatoms. The molecule has 0 bridgehead atoms. The molecule has 2 aromatic carbocycles. The average molecular weight is 329 g/mol. The Morgan fingerprint density at radius 2 is 1.62 bits per heavy atom. The molecule has 24 heavy (non-hydrogen) atoms. The Kier molecular flexibility index (Phi) is 6.19. The summed E-state index contributed by atoms with van der Waals surface area (Å²) in [6, 6.07) is 13.6. The van der Waals surface area contributed by atoms with Crippen molar-refractivity contribution in [2.45, 2.75) is 0 Å². The van der Waals surface area contributed by atoms with Crippen molar-refractivity contribution in [3.63, 3.8) is 0 Å². The van der Waals surface area contributed by atoms with E-state index in [9.17, 15) is 9.59 Å². The van der Waals surface area contributed by atoms with Gasteiger partial charge in [-0.2, -0.15) is 0 Å². The molecule has 0 aliphatic rings. The molecule has 0 fully saturated rings. The van der Waals surface area contributed by atoms with Crippen LogP contribution < -0.4 is 10.1 Å². The Morgan fingerprint density at radius 1 is 0.958 bits per heavy atom. The standard InChI is InChI=1S/C18H19NO5/c1-22-16-5-3-4-15(12-16)19-10-11-24-18(21)14-8-6-13(7-9-14)17(20)23-2/h3-9,12,19H,10-11H2,1-2H3. The minimum Gasteiger partial charge on any atom is -0.497 e. The maximum atomic E-state index is 11.9. The molecule has 0 saturated carbocycles. The first-order valence-corrected chi connectivity index (χ1v) is 7.37. The number of carbonyl (C=O) groups excluding carboxylic acids is 2. The molecule has 0 saturated heterocycles. The highest BCUT2D eigenvalue weighted by molar-refractivity contribution is 5.93. The van der Waals surface area contributed by atoms with E-state index in [2.05, 4.69) is 10.1 Å². The van der Waals surface area contributed by atoms with Gasteiger partial charge in [0.05, 0.1) is 25.3 Å². The lowest BCUT2D eigenvalue weighted by molar-refractivity contribution is 0.0518. The van der Waals surface area contributed by atoms with Gasteiger partial charge < -0.3 is 19.5 Å². The van der Waals surface area contributed by atoms with Crippen molar-refractivity contribution in [1.29, 1.82) is 0 Å². The predicted octanol–water partition coefficient (Wildman–Crippen LogP) is 2.75. The number of nitrogens with one attached hydrogen (secondary N) is 1. The Hall–Kier alpha value is -3.02. The number of anilines is 1. The first-order chi connectivity index (χ1) is 11.6. The molecule has 0 amide bonds. The summed E-state index contributed by atoms with van der Waals surface area (Å²) in [6.07, 6.45) is 0. The van der Waals surface area contributed by atoms with E-state index >= 15 is 0 Å². The molecule has 0 aliphatic heterocycles. The van der Waals surface area contributed by atoms with Crippen LogP contribution in [0.15, 0.2) is 48.5 Å². The summed E-state index contributed by atoms with van der Waals surface area (Å²) in [5.74, 6) is -0.140. The van der Waals surface area contributed by atoms with Gasteiger partial charge >= 0.3 is 11.9 Å². The van der Waals surface area contributed by atoms with Gasteiger partial charge in [-0.15, -0.1) is 0 Å². The number of carbonyl (C=O) groups is 2. The number of esters is 2. The quantitative estimate of drug-likeness (QED) is 0.622. The Bertz CT molecular complexity index is 697. The van der Waals surface area contributed by atoms with Crippen LogP contribution in [-0.4, -0.2) is 39.3 Å². The minimum absolute atomic E-state index is 0.217. The van der Waals surface area contributed by atoms with Crippen LogP contribution in [0, 0.1) is 0 Å². The maximum absolute atomic E-state index is 11.9. The van der Waals surface area contributed by atoms with Crippen molar-refractivity contribution in [3.05, 3.63) is 59.7 Å². The number of rotatable bonds is 7. The molecule has 0 unspecified atom stereocenters. The molecule has 0 aliphatic carbocycles. The SMILES string of the molecule is COC(=O)c1ccc(C(=O)OCCNc2cccc(OC)c2)cc1. The molecule has 0 radical (unpaired) electrons. The summed E-state index contributed by atoms with van der Waals surface area (Å²) < 4.78 is 14.9. The minimum atomic E-state index is -0.447. The second-order valence-electron chi connectivity index (χ2n) is 4.86. The van der Waals surface area contributed by atoms with Crippen LogP contribution in [0.5, 0.6) is 5.75 Å². The van der Waals surface area contributed by atoms with Gasteiger partial charge in [0.25, 0.3) is 0 Å². The highest BCUT2D eigenvalue weighted by atomic mass is 16.5. The zero-order valence-electron chi connectivity index (χ0n) is 13.6. The van der Waals surface area contributed by atoms with Crippen molar-refractivity contribution < 1.29 is 23.8 Å². The number of methoxy groups -OCH3 is 2. The van der Waals surface area contributed by atoms with E-state index in [4.69, 9.17) is 9.47 Å². The van der Waals surface area contributed by atoms with Crippen LogP contribution in [0.2, 0.25) is 0 Å². The van der Waals surface area contributed by atoms with E-state index in [-0.39, 0.29) is 6.61 Å². The Labute approximate surface area is 140 Å². The first-order valence-electron chi connectivity index (χ1n) is 7.37. The predicted molar refractivity (Wildman–Crippen MR) is 89.5 cm³/mol. The summed E-state index contributed by atoms with van der Waals surface area (Å²) in [4.78, 5) is 23.3. The number of hydrogen-bond acceptors (Lipinski definition) is 6. The Balaban J connectivity index is 1.79. The van der Waals surface area contributed by atoms with Crippen LogP contribution >= 0.6 is 0 Å². The molecular weight excluding hydrogens is 310 g/mol. The van der Waals surface area contributed by atoms with E-state index in [1.807, 2.05) is 24.3 Å². The van der Waals surface area contributed by atoms with Gasteiger partial charge in [-0.1, -0.05) is 6.07 Å². The smallest absolute Gasteiger partial charge is 0.338 e. The van der Waals surface area contributed by atoms with Crippen LogP contribution in [0.1, 0.15) is 20.7 Å². The van der Waals surface area contributed by atoms with Crippen molar-refractivity contribution >= 4 is 17.6 Å². The number of hydrogen-bond donors (Lipinski definition) is 1. The second-order valence-corrected chi connectivity index (χ2v) is 4.86. The number of ether oxygens (including phenoxy) is 3. The molecule has 2 rings (SSSR count). The summed E-state index contributed by atoms with van der Waals surface area (Å²) >= 11 is 0. The van der Waals surface area contributed by atoms with E-state index in [0.717, 1.165) is 11.4 Å². The van der Waals surface area contributed by atoms with Crippen LogP contribution in [0.4, 0.5) is 5.69 Å². The van der Waals surface area contributed by atoms with Gasteiger partial charge in [0.1, 0.15) is 12.4 Å². The topological polar surface area (TPSA) is 73.9 Å². The third-order valence-electron chi connectivity index (χ3n) is 3.28. The van der Waals surface area contributed by atoms with Gasteiger partial charge in [-0.25, -0.2) is 9.59 Å². The monoisotopic (exact) mass is 329 g/mol. The summed E-state index contributed by atoms with van der Waals surface area (Å²) in [7, 11) is 2.91. The molecule has 0 atom stereocenters. The third-order valence-corrected chi connectivity index (χ3v) is 3.28. The van der Waals surface area contributed by atoms with E-state index in [1.165, 1.54) is 31.4 Å². The van der Waals surface area contributed by atoms with Crippen LogP contribution in [0.25, 0.3) is 0 Å². The van der Waals surface area contributed by atoms with Crippen molar-refractivity contribution in [2.75, 3.05) is 32.7 Å². The van der Waals surface area contributed by atoms with Crippen molar-refractivity contribution in [2.24, 2.45) is 0 Å². The fraction of sp³-hybridized carbons (Fsp3) is 0.222. The van der Waals surface area contributed by atoms with Gasteiger partial charge in [0.2, 0.25) is 0 Å². The van der Waals surface area contributed by atoms with Crippen LogP contribution in [-0.2, 0) is 9.47 Å². The fourth-order valence-corrected chi connectivity index (χ4v) is 2.02. The zero-order valence-corrected chi connectivity index (χ0v) is 13.6. The van der Waals surface area contributed by atoms with Gasteiger partial charge in [-0.3, -0.25) is 0 Å². The highest BCUT2D eigenvalue weighted by Crippen LogP contribution is 2.16. The molecule has 2 aromatic rings. The molecule has 1 N–H and O–H groups in total. The lowest BCUT2D eigenvalue weighted by Crippen LogP contribution is -2.14. The zero-order chi connectivity index (χ0) is 17.4. The van der Waals surface area contributed by atoms with Gasteiger partial charge in [0, 0.05) is 18.3 Å². The van der Waals surface area contributed by atoms with Crippen molar-refractivity contribution in [1.82, 2.24) is 0 Å². The summed E-state index contributed by atoms with van der Waals surface area (Å²) in [6.45, 7) is 0.688. The molecule has 0 aromatic heterocycles. The first kappa shape index (κ1) is 17.3. The fourth-order valence-electron chi connectivity index (χ4n) is 2.02. The van der Waals surface area contributed by atoms with Crippen molar-refractivity contribution in [3.8, 4) is 5.75 Å². The Morgan fingerprint density at radius 3 is 2.25 bits per heavy atom. The molecule has 0 heterocycles. The molecule has 126 valence electrons. The van der Waals surface area contributed by atoms with E-state index < -0.39 is 11.9 Å². The van der Waals surface area contributed by atoms with Crippen LogP contribution in [0.3, 0.4) is 0 Å². The largest absolute Gasteiger partial charge is 0.497 e. The normalized spacial score (nSPS) is 9.92.